The highest BCUT2D eigenvalue weighted by atomic mass is 16.3. The molecule has 0 saturated carbocycles. The number of aromatic hydroxyl groups is 1. The third-order valence-corrected chi connectivity index (χ3v) is 7.61. The maximum absolute atomic E-state index is 9.83. The van der Waals surface area contributed by atoms with Crippen molar-refractivity contribution in [3.63, 3.8) is 0 Å². The number of phenols is 1. The van der Waals surface area contributed by atoms with E-state index in [1.807, 2.05) is 12.1 Å². The molecule has 3 aromatic rings. The second-order valence-electron chi connectivity index (χ2n) is 9.36. The topological polar surface area (TPSA) is 20.2 Å². The first-order valence-corrected chi connectivity index (χ1v) is 11.8. The van der Waals surface area contributed by atoms with E-state index in [9.17, 15) is 5.11 Å². The first-order valence-electron chi connectivity index (χ1n) is 11.8. The molecule has 0 spiro atoms. The molecule has 4 unspecified atom stereocenters. The van der Waals surface area contributed by atoms with Gasteiger partial charge in [-0.2, -0.15) is 0 Å². The summed E-state index contributed by atoms with van der Waals surface area (Å²) >= 11 is 0. The van der Waals surface area contributed by atoms with E-state index in [-0.39, 0.29) is 5.41 Å². The fraction of sp³-hybridized carbons (Fsp3) is 0.400. The maximum Gasteiger partial charge on any atom is 0.115 e. The third-order valence-electron chi connectivity index (χ3n) is 7.61. The van der Waals surface area contributed by atoms with E-state index in [0.717, 1.165) is 6.42 Å². The Labute approximate surface area is 189 Å². The van der Waals surface area contributed by atoms with Crippen LogP contribution in [0.25, 0.3) is 0 Å². The van der Waals surface area contributed by atoms with Gasteiger partial charge in [0.1, 0.15) is 5.75 Å². The van der Waals surface area contributed by atoms with Crippen LogP contribution in [0.3, 0.4) is 0 Å². The van der Waals surface area contributed by atoms with Gasteiger partial charge in [-0.15, -0.1) is 0 Å². The SMILES string of the molecule is CCC(CCCC(C)(c1ccc(O)cc1)C(C)c1ccccc1)C(C)c1ccccc1. The van der Waals surface area contributed by atoms with Gasteiger partial charge in [0, 0.05) is 0 Å². The van der Waals surface area contributed by atoms with Crippen molar-refractivity contribution in [3.05, 3.63) is 102 Å². The smallest absolute Gasteiger partial charge is 0.115 e. The molecular formula is C30H38O. The monoisotopic (exact) mass is 414 g/mol. The highest BCUT2D eigenvalue weighted by molar-refractivity contribution is 5.36. The molecule has 3 rings (SSSR count). The van der Waals surface area contributed by atoms with E-state index in [4.69, 9.17) is 0 Å². The van der Waals surface area contributed by atoms with Crippen molar-refractivity contribution in [2.24, 2.45) is 5.92 Å². The number of hydrogen-bond acceptors (Lipinski definition) is 1. The minimum Gasteiger partial charge on any atom is -0.508 e. The quantitative estimate of drug-likeness (QED) is 0.353. The van der Waals surface area contributed by atoms with Crippen molar-refractivity contribution < 1.29 is 5.11 Å². The third kappa shape index (κ3) is 5.58. The Kier molecular flexibility index (Phi) is 7.96. The lowest BCUT2D eigenvalue weighted by atomic mass is 9.66. The van der Waals surface area contributed by atoms with Crippen LogP contribution in [0.4, 0.5) is 0 Å². The minimum atomic E-state index is 0.0172. The van der Waals surface area contributed by atoms with Gasteiger partial charge in [0.25, 0.3) is 0 Å². The largest absolute Gasteiger partial charge is 0.508 e. The number of benzene rings is 3. The van der Waals surface area contributed by atoms with Crippen LogP contribution >= 0.6 is 0 Å². The molecule has 0 aromatic heterocycles. The molecule has 0 radical (unpaired) electrons. The lowest BCUT2D eigenvalue weighted by Crippen LogP contribution is -2.29. The van der Waals surface area contributed by atoms with Gasteiger partial charge in [-0.3, -0.25) is 0 Å². The standard InChI is InChI=1S/C30H38O/c1-5-25(23(2)26-13-8-6-9-14-26)17-12-22-30(4,28-18-20-29(31)21-19-28)24(3)27-15-10-7-11-16-27/h6-11,13-16,18-21,23-25,31H,5,12,17,22H2,1-4H3. The van der Waals surface area contributed by atoms with E-state index in [1.54, 1.807) is 0 Å². The van der Waals surface area contributed by atoms with Crippen LogP contribution in [-0.2, 0) is 5.41 Å². The average Bonchev–Trinajstić information content (AvgIpc) is 2.82. The number of rotatable bonds is 10. The molecule has 0 bridgehead atoms. The molecule has 0 amide bonds. The zero-order chi connectivity index (χ0) is 22.3. The molecule has 0 aliphatic rings. The summed E-state index contributed by atoms with van der Waals surface area (Å²) in [5, 5.41) is 9.83. The summed E-state index contributed by atoms with van der Waals surface area (Å²) in [5.74, 6) is 2.00. The summed E-state index contributed by atoms with van der Waals surface area (Å²) in [6.07, 6.45) is 4.78. The Morgan fingerprint density at radius 3 is 1.87 bits per heavy atom. The second kappa shape index (κ2) is 10.7. The molecule has 31 heavy (non-hydrogen) atoms. The van der Waals surface area contributed by atoms with Crippen LogP contribution in [-0.4, -0.2) is 5.11 Å². The Morgan fingerprint density at radius 1 is 0.774 bits per heavy atom. The van der Waals surface area contributed by atoms with Crippen molar-refractivity contribution in [2.45, 2.75) is 70.6 Å². The first-order chi connectivity index (χ1) is 15.0. The minimum absolute atomic E-state index is 0.0172. The van der Waals surface area contributed by atoms with Gasteiger partial charge in [-0.25, -0.2) is 0 Å². The number of phenolic OH excluding ortho intramolecular Hbond substituents is 1. The number of hydrogen-bond donors (Lipinski definition) is 1. The zero-order valence-corrected chi connectivity index (χ0v) is 19.6. The summed E-state index contributed by atoms with van der Waals surface area (Å²) in [7, 11) is 0. The maximum atomic E-state index is 9.83. The molecule has 1 nitrogen and oxygen atoms in total. The molecule has 4 atom stereocenters. The Hall–Kier alpha value is -2.54. The van der Waals surface area contributed by atoms with Crippen LogP contribution in [0.1, 0.15) is 81.9 Å². The molecule has 0 aliphatic carbocycles. The van der Waals surface area contributed by atoms with Crippen molar-refractivity contribution in [3.8, 4) is 5.75 Å². The lowest BCUT2D eigenvalue weighted by molar-refractivity contribution is 0.316. The van der Waals surface area contributed by atoms with Crippen LogP contribution in [0, 0.1) is 5.92 Å². The molecule has 1 N–H and O–H groups in total. The summed E-state index contributed by atoms with van der Waals surface area (Å²) < 4.78 is 0. The van der Waals surface area contributed by atoms with Crippen molar-refractivity contribution in [2.75, 3.05) is 0 Å². The van der Waals surface area contributed by atoms with Gasteiger partial charge < -0.3 is 5.11 Å². The fourth-order valence-corrected chi connectivity index (χ4v) is 5.13. The van der Waals surface area contributed by atoms with Gasteiger partial charge in [-0.05, 0) is 64.8 Å². The summed E-state index contributed by atoms with van der Waals surface area (Å²) in [5.41, 5.74) is 4.16. The molecular weight excluding hydrogens is 376 g/mol. The summed E-state index contributed by atoms with van der Waals surface area (Å²) in [4.78, 5) is 0. The Bertz CT molecular complexity index is 900. The second-order valence-corrected chi connectivity index (χ2v) is 9.36. The molecule has 1 heteroatoms. The lowest BCUT2D eigenvalue weighted by Gasteiger charge is -2.38. The van der Waals surface area contributed by atoms with Crippen molar-refractivity contribution >= 4 is 0 Å². The highest BCUT2D eigenvalue weighted by Gasteiger charge is 2.34. The van der Waals surface area contributed by atoms with Gasteiger partial charge in [0.2, 0.25) is 0 Å². The zero-order valence-electron chi connectivity index (χ0n) is 19.6. The molecule has 164 valence electrons. The van der Waals surface area contributed by atoms with Gasteiger partial charge >= 0.3 is 0 Å². The highest BCUT2D eigenvalue weighted by Crippen LogP contribution is 2.44. The summed E-state index contributed by atoms with van der Waals surface area (Å²) in [6, 6.07) is 29.7. The Morgan fingerprint density at radius 2 is 1.32 bits per heavy atom. The van der Waals surface area contributed by atoms with Crippen LogP contribution < -0.4 is 0 Å². The molecule has 0 aliphatic heterocycles. The molecule has 0 heterocycles. The van der Waals surface area contributed by atoms with Crippen molar-refractivity contribution in [1.82, 2.24) is 0 Å². The van der Waals surface area contributed by atoms with Gasteiger partial charge in [0.15, 0.2) is 0 Å². The molecule has 3 aromatic carbocycles. The van der Waals surface area contributed by atoms with E-state index < -0.39 is 0 Å². The van der Waals surface area contributed by atoms with E-state index in [1.165, 1.54) is 36.0 Å². The summed E-state index contributed by atoms with van der Waals surface area (Å²) in [6.45, 7) is 9.47. The van der Waals surface area contributed by atoms with E-state index >= 15 is 0 Å². The van der Waals surface area contributed by atoms with E-state index in [2.05, 4.69) is 100 Å². The van der Waals surface area contributed by atoms with Crippen LogP contribution in [0.2, 0.25) is 0 Å². The first kappa shape index (κ1) is 23.1. The predicted octanol–water partition coefficient (Wildman–Crippen LogP) is 8.45. The van der Waals surface area contributed by atoms with Crippen LogP contribution in [0.15, 0.2) is 84.9 Å². The predicted molar refractivity (Wildman–Crippen MR) is 133 cm³/mol. The molecule has 0 fully saturated rings. The fourth-order valence-electron chi connectivity index (χ4n) is 5.13. The van der Waals surface area contributed by atoms with Gasteiger partial charge in [0.05, 0.1) is 0 Å². The average molecular weight is 415 g/mol. The van der Waals surface area contributed by atoms with Crippen LogP contribution in [0.5, 0.6) is 5.75 Å². The molecule has 0 saturated heterocycles. The van der Waals surface area contributed by atoms with Gasteiger partial charge in [-0.1, -0.05) is 113 Å². The van der Waals surface area contributed by atoms with Crippen molar-refractivity contribution in [1.29, 1.82) is 0 Å². The Balaban J connectivity index is 1.78. The normalized spacial score (nSPS) is 16.3. The van der Waals surface area contributed by atoms with E-state index in [0.29, 0.717) is 23.5 Å².